The summed E-state index contributed by atoms with van der Waals surface area (Å²) in [5.41, 5.74) is 1.03. The van der Waals surface area contributed by atoms with Crippen LogP contribution < -0.4 is 10.1 Å². The van der Waals surface area contributed by atoms with E-state index in [1.807, 2.05) is 4.90 Å². The number of aromatic nitrogens is 2. The lowest BCUT2D eigenvalue weighted by molar-refractivity contribution is 0.0930. The Morgan fingerprint density at radius 2 is 2.25 bits per heavy atom. The third kappa shape index (κ3) is 3.37. The van der Waals surface area contributed by atoms with Crippen molar-refractivity contribution in [1.82, 2.24) is 20.4 Å². The van der Waals surface area contributed by atoms with Gasteiger partial charge in [0, 0.05) is 43.4 Å². The van der Waals surface area contributed by atoms with Gasteiger partial charge in [0.15, 0.2) is 21.4 Å². The minimum absolute atomic E-state index is 0.0664. The molecule has 28 heavy (non-hydrogen) atoms. The lowest BCUT2D eigenvalue weighted by atomic mass is 10.0. The molecule has 4 rings (SSSR count). The Morgan fingerprint density at radius 1 is 1.43 bits per heavy atom. The van der Waals surface area contributed by atoms with Gasteiger partial charge in [-0.1, -0.05) is 12.1 Å². The molecule has 1 aromatic carbocycles. The molecule has 3 atom stereocenters. The Bertz CT molecular complexity index is 979. The quantitative estimate of drug-likeness (QED) is 0.750. The number of rotatable bonds is 5. The number of carbonyl (C=O) groups is 1. The number of nitrogens with zero attached hydrogens (tertiary/aromatic N) is 2. The maximum absolute atomic E-state index is 13.9. The largest absolute Gasteiger partial charge is 0.493 e. The number of carbonyl (C=O) groups excluding carboxylic acids is 1. The van der Waals surface area contributed by atoms with Crippen LogP contribution in [-0.4, -0.2) is 66.7 Å². The number of para-hydroxylation sites is 1. The fourth-order valence-corrected chi connectivity index (χ4v) is 6.52. The molecule has 0 bridgehead atoms. The monoisotopic (exact) mass is 408 g/mol. The Balaban J connectivity index is 1.50. The molecule has 2 aromatic rings. The summed E-state index contributed by atoms with van der Waals surface area (Å²) in [5.74, 6) is -0.895. The van der Waals surface area contributed by atoms with E-state index >= 15 is 0 Å². The Hall–Kier alpha value is -2.46. The van der Waals surface area contributed by atoms with Crippen LogP contribution in [-0.2, 0) is 16.4 Å². The van der Waals surface area contributed by atoms with E-state index < -0.39 is 26.9 Å². The van der Waals surface area contributed by atoms with Crippen molar-refractivity contribution in [3.8, 4) is 5.75 Å². The molecule has 0 aliphatic carbocycles. The smallest absolute Gasteiger partial charge is 0.254 e. The first-order valence-corrected chi connectivity index (χ1v) is 10.7. The molecule has 1 amide bonds. The zero-order valence-electron chi connectivity index (χ0n) is 15.3. The summed E-state index contributed by atoms with van der Waals surface area (Å²) in [6.07, 6.45) is 2.86. The average molecular weight is 408 g/mol. The molecule has 3 heterocycles. The summed E-state index contributed by atoms with van der Waals surface area (Å²) in [6, 6.07) is 4.24. The van der Waals surface area contributed by atoms with Gasteiger partial charge >= 0.3 is 0 Å². The lowest BCUT2D eigenvalue weighted by Gasteiger charge is -2.21. The second-order valence-corrected chi connectivity index (χ2v) is 9.49. The zero-order chi connectivity index (χ0) is 19.9. The summed E-state index contributed by atoms with van der Waals surface area (Å²) < 4.78 is 44.3. The van der Waals surface area contributed by atoms with E-state index in [2.05, 4.69) is 15.5 Å². The van der Waals surface area contributed by atoms with E-state index in [1.165, 1.54) is 25.6 Å². The van der Waals surface area contributed by atoms with Crippen molar-refractivity contribution in [2.45, 2.75) is 17.8 Å². The van der Waals surface area contributed by atoms with E-state index in [0.717, 1.165) is 0 Å². The number of nitrogens with one attached hydrogen (secondary N) is 2. The number of fused-ring (bicyclic) bond motifs is 1. The number of halogens is 1. The molecule has 2 fully saturated rings. The fraction of sp³-hybridized carbons (Fsp3) is 0.444. The molecule has 0 unspecified atom stereocenters. The van der Waals surface area contributed by atoms with Gasteiger partial charge in [0.1, 0.15) is 0 Å². The highest BCUT2D eigenvalue weighted by Crippen LogP contribution is 2.36. The lowest BCUT2D eigenvalue weighted by Crippen LogP contribution is -2.41. The molecule has 150 valence electrons. The van der Waals surface area contributed by atoms with Gasteiger partial charge in [-0.15, -0.1) is 0 Å². The van der Waals surface area contributed by atoms with Gasteiger partial charge in [-0.3, -0.25) is 14.8 Å². The number of H-pyrrole nitrogens is 1. The van der Waals surface area contributed by atoms with E-state index in [0.29, 0.717) is 30.8 Å². The second-order valence-electron chi connectivity index (χ2n) is 7.23. The van der Waals surface area contributed by atoms with Gasteiger partial charge in [-0.25, -0.2) is 12.8 Å². The second kappa shape index (κ2) is 7.17. The number of methoxy groups -OCH3 is 1. The maximum Gasteiger partial charge on any atom is 0.254 e. The molecule has 10 heteroatoms. The predicted molar refractivity (Wildman–Crippen MR) is 99.1 cm³/mol. The molecule has 2 saturated heterocycles. The molecule has 2 aliphatic heterocycles. The molecule has 8 nitrogen and oxygen atoms in total. The van der Waals surface area contributed by atoms with Crippen LogP contribution in [0.2, 0.25) is 0 Å². The number of amides is 1. The first-order chi connectivity index (χ1) is 13.4. The summed E-state index contributed by atoms with van der Waals surface area (Å²) in [5, 5.41) is 8.60. The normalized spacial score (nSPS) is 26.1. The van der Waals surface area contributed by atoms with Crippen molar-refractivity contribution < 1.29 is 22.3 Å². The highest BCUT2D eigenvalue weighted by atomic mass is 32.2. The molecular formula is C18H21FN4O4S. The fourth-order valence-electron chi connectivity index (χ4n) is 4.20. The first-order valence-electron chi connectivity index (χ1n) is 8.94. The van der Waals surface area contributed by atoms with Crippen LogP contribution in [0.15, 0.2) is 30.6 Å². The number of hydrogen-bond acceptors (Lipinski definition) is 6. The molecule has 2 aliphatic rings. The molecule has 0 radical (unpaired) electrons. The van der Waals surface area contributed by atoms with Crippen LogP contribution in [0.4, 0.5) is 4.39 Å². The van der Waals surface area contributed by atoms with Crippen LogP contribution in [0.3, 0.4) is 0 Å². The van der Waals surface area contributed by atoms with Crippen molar-refractivity contribution in [2.24, 2.45) is 5.92 Å². The van der Waals surface area contributed by atoms with Gasteiger partial charge < -0.3 is 10.1 Å². The van der Waals surface area contributed by atoms with Gasteiger partial charge in [-0.05, 0) is 6.07 Å². The van der Waals surface area contributed by atoms with E-state index in [-0.39, 0.29) is 23.3 Å². The number of sulfone groups is 1. The average Bonchev–Trinajstić information content (AvgIpc) is 3.35. The SMILES string of the molecule is COc1c(F)cccc1CN1C[C@H]2[C@H](NC(=O)c3cn[nH]c3)CS(=O)(=O)[C@H]2C1. The highest BCUT2D eigenvalue weighted by molar-refractivity contribution is 7.92. The number of benzene rings is 1. The summed E-state index contributed by atoms with van der Waals surface area (Å²) >= 11 is 0. The zero-order valence-corrected chi connectivity index (χ0v) is 16.1. The standard InChI is InChI=1S/C18H21FN4O4S/c1-27-17-11(3-2-4-14(17)19)7-23-8-13-15(10-28(25,26)16(13)9-23)22-18(24)12-5-20-21-6-12/h2-6,13,15-16H,7-10H2,1H3,(H,20,21)(H,22,24)/t13-,15+,16-/m0/s1. The van der Waals surface area contributed by atoms with Crippen molar-refractivity contribution in [1.29, 1.82) is 0 Å². The van der Waals surface area contributed by atoms with E-state index in [4.69, 9.17) is 4.74 Å². The Labute approximate surface area is 162 Å². The summed E-state index contributed by atoms with van der Waals surface area (Å²) in [7, 11) is -1.91. The van der Waals surface area contributed by atoms with Crippen LogP contribution in [0, 0.1) is 11.7 Å². The number of likely N-dealkylation sites (tertiary alicyclic amines) is 1. The molecule has 0 saturated carbocycles. The third-order valence-corrected chi connectivity index (χ3v) is 7.74. The topological polar surface area (TPSA) is 104 Å². The number of ether oxygens (including phenoxy) is 1. The number of hydrogen-bond donors (Lipinski definition) is 2. The van der Waals surface area contributed by atoms with E-state index in [1.54, 1.807) is 12.1 Å². The molecule has 2 N–H and O–H groups in total. The molecule has 1 aromatic heterocycles. The third-order valence-electron chi connectivity index (χ3n) is 5.50. The molecule has 0 spiro atoms. The number of aromatic amines is 1. The van der Waals surface area contributed by atoms with Gasteiger partial charge in [-0.2, -0.15) is 5.10 Å². The first kappa shape index (κ1) is 18.9. The van der Waals surface area contributed by atoms with Crippen LogP contribution in [0.5, 0.6) is 5.75 Å². The maximum atomic E-state index is 13.9. The van der Waals surface area contributed by atoms with Crippen molar-refractivity contribution in [3.63, 3.8) is 0 Å². The van der Waals surface area contributed by atoms with Crippen molar-refractivity contribution in [3.05, 3.63) is 47.5 Å². The Kier molecular flexibility index (Phi) is 4.84. The molecular weight excluding hydrogens is 387 g/mol. The predicted octanol–water partition coefficient (Wildman–Crippen LogP) is 0.585. The minimum atomic E-state index is -3.32. The van der Waals surface area contributed by atoms with Crippen LogP contribution >= 0.6 is 0 Å². The van der Waals surface area contributed by atoms with E-state index in [9.17, 15) is 17.6 Å². The van der Waals surface area contributed by atoms with Gasteiger partial charge in [0.25, 0.3) is 5.91 Å². The van der Waals surface area contributed by atoms with Gasteiger partial charge in [0.2, 0.25) is 0 Å². The highest BCUT2D eigenvalue weighted by Gasteiger charge is 2.52. The minimum Gasteiger partial charge on any atom is -0.493 e. The van der Waals surface area contributed by atoms with Crippen LogP contribution in [0.25, 0.3) is 0 Å². The van der Waals surface area contributed by atoms with Crippen molar-refractivity contribution in [2.75, 3.05) is 26.0 Å². The summed E-state index contributed by atoms with van der Waals surface area (Å²) in [6.45, 7) is 1.23. The van der Waals surface area contributed by atoms with Crippen molar-refractivity contribution >= 4 is 15.7 Å². The van der Waals surface area contributed by atoms with Gasteiger partial charge in [0.05, 0.1) is 29.9 Å². The summed E-state index contributed by atoms with van der Waals surface area (Å²) in [4.78, 5) is 14.3. The van der Waals surface area contributed by atoms with Crippen LogP contribution in [0.1, 0.15) is 15.9 Å². The Morgan fingerprint density at radius 3 is 2.96 bits per heavy atom.